The maximum absolute atomic E-state index is 12.9. The fourth-order valence-corrected chi connectivity index (χ4v) is 4.31. The van der Waals surface area contributed by atoms with Crippen molar-refractivity contribution in [3.05, 3.63) is 27.1 Å². The smallest absolute Gasteiger partial charge is 0.264 e. The standard InChI is InChI=1S/C18H25N3O2S/c1-4-5-8-21-11-19-16-14(17(21)22)13(3)15(24-16)18(23)20-9-6-12(2)7-10-20/h11-12H,4-10H2,1-3H3. The SMILES string of the molecule is CCCCn1cnc2sc(C(=O)N3CCC(C)CC3)c(C)c2c1=O. The van der Waals surface area contributed by atoms with E-state index in [1.54, 1.807) is 10.9 Å². The van der Waals surface area contributed by atoms with E-state index < -0.39 is 0 Å². The van der Waals surface area contributed by atoms with Crippen molar-refractivity contribution >= 4 is 27.5 Å². The Bertz CT molecular complexity index is 800. The molecule has 6 heteroatoms. The van der Waals surface area contributed by atoms with Crippen LogP contribution in [0.3, 0.4) is 0 Å². The zero-order chi connectivity index (χ0) is 17.3. The summed E-state index contributed by atoms with van der Waals surface area (Å²) in [6.45, 7) is 8.51. The van der Waals surface area contributed by atoms with Crippen molar-refractivity contribution in [2.75, 3.05) is 13.1 Å². The van der Waals surface area contributed by atoms with E-state index in [0.29, 0.717) is 27.6 Å². The molecule has 0 saturated carbocycles. The molecular formula is C18H25N3O2S. The van der Waals surface area contributed by atoms with Crippen LogP contribution in [-0.2, 0) is 6.54 Å². The van der Waals surface area contributed by atoms with Gasteiger partial charge in [-0.3, -0.25) is 14.2 Å². The number of nitrogens with zero attached hydrogens (tertiary/aromatic N) is 3. The minimum absolute atomic E-state index is 0.0199. The molecule has 5 nitrogen and oxygen atoms in total. The van der Waals surface area contributed by atoms with Crippen LogP contribution in [0.15, 0.2) is 11.1 Å². The zero-order valence-corrected chi connectivity index (χ0v) is 15.5. The van der Waals surface area contributed by atoms with Crippen LogP contribution in [0.4, 0.5) is 0 Å². The summed E-state index contributed by atoms with van der Waals surface area (Å²) in [7, 11) is 0. The molecule has 0 atom stereocenters. The van der Waals surface area contributed by atoms with Gasteiger partial charge in [-0.15, -0.1) is 11.3 Å². The molecule has 0 radical (unpaired) electrons. The second-order valence-electron chi connectivity index (χ2n) is 6.81. The first-order valence-electron chi connectivity index (χ1n) is 8.80. The molecule has 3 rings (SSSR count). The summed E-state index contributed by atoms with van der Waals surface area (Å²) < 4.78 is 1.67. The minimum Gasteiger partial charge on any atom is -0.338 e. The Labute approximate surface area is 146 Å². The first-order chi connectivity index (χ1) is 11.5. The Balaban J connectivity index is 1.95. The molecule has 0 unspecified atom stereocenters. The summed E-state index contributed by atoms with van der Waals surface area (Å²) >= 11 is 1.36. The van der Waals surface area contributed by atoms with E-state index in [-0.39, 0.29) is 11.5 Å². The second-order valence-corrected chi connectivity index (χ2v) is 7.81. The Morgan fingerprint density at radius 3 is 2.75 bits per heavy atom. The number of piperidine rings is 1. The third-order valence-electron chi connectivity index (χ3n) is 4.93. The zero-order valence-electron chi connectivity index (χ0n) is 14.7. The van der Waals surface area contributed by atoms with Gasteiger partial charge in [-0.1, -0.05) is 20.3 Å². The first-order valence-corrected chi connectivity index (χ1v) is 9.62. The quantitative estimate of drug-likeness (QED) is 0.851. The molecule has 1 fully saturated rings. The van der Waals surface area contributed by atoms with Gasteiger partial charge in [0.1, 0.15) is 4.83 Å². The van der Waals surface area contributed by atoms with Crippen LogP contribution >= 0.6 is 11.3 Å². The Morgan fingerprint density at radius 2 is 2.08 bits per heavy atom. The molecule has 130 valence electrons. The van der Waals surface area contributed by atoms with Gasteiger partial charge < -0.3 is 4.90 Å². The molecule has 2 aromatic rings. The van der Waals surface area contributed by atoms with Gasteiger partial charge >= 0.3 is 0 Å². The van der Waals surface area contributed by atoms with Gasteiger partial charge in [0.15, 0.2) is 0 Å². The maximum atomic E-state index is 12.9. The van der Waals surface area contributed by atoms with Gasteiger partial charge in [-0.25, -0.2) is 4.98 Å². The lowest BCUT2D eigenvalue weighted by Gasteiger charge is -2.30. The van der Waals surface area contributed by atoms with Crippen LogP contribution in [0.2, 0.25) is 0 Å². The summed E-state index contributed by atoms with van der Waals surface area (Å²) in [4.78, 5) is 33.3. The van der Waals surface area contributed by atoms with Gasteiger partial charge in [-0.2, -0.15) is 0 Å². The van der Waals surface area contributed by atoms with Crippen LogP contribution < -0.4 is 5.56 Å². The molecule has 1 aliphatic heterocycles. The Morgan fingerprint density at radius 1 is 1.38 bits per heavy atom. The number of unbranched alkanes of at least 4 members (excludes halogenated alkanes) is 1. The maximum Gasteiger partial charge on any atom is 0.264 e. The van der Waals surface area contributed by atoms with E-state index in [1.807, 2.05) is 11.8 Å². The number of carbonyl (C=O) groups is 1. The highest BCUT2D eigenvalue weighted by Crippen LogP contribution is 2.29. The van der Waals surface area contributed by atoms with Gasteiger partial charge in [0.2, 0.25) is 0 Å². The number of thiophene rings is 1. The van der Waals surface area contributed by atoms with Gasteiger partial charge in [0, 0.05) is 19.6 Å². The fraction of sp³-hybridized carbons (Fsp3) is 0.611. The lowest BCUT2D eigenvalue weighted by molar-refractivity contribution is 0.0701. The van der Waals surface area contributed by atoms with Crippen molar-refractivity contribution in [2.24, 2.45) is 5.92 Å². The summed E-state index contributed by atoms with van der Waals surface area (Å²) in [5.74, 6) is 0.742. The van der Waals surface area contributed by atoms with E-state index in [1.165, 1.54) is 11.3 Å². The number of aryl methyl sites for hydroxylation is 2. The Hall–Kier alpha value is -1.69. The lowest BCUT2D eigenvalue weighted by atomic mass is 9.99. The van der Waals surface area contributed by atoms with Crippen LogP contribution in [0.5, 0.6) is 0 Å². The van der Waals surface area contributed by atoms with Crippen molar-refractivity contribution < 1.29 is 4.79 Å². The third kappa shape index (κ3) is 3.11. The molecule has 24 heavy (non-hydrogen) atoms. The summed E-state index contributed by atoms with van der Waals surface area (Å²) in [6, 6.07) is 0. The van der Waals surface area contributed by atoms with Gasteiger partial charge in [-0.05, 0) is 37.7 Å². The average Bonchev–Trinajstić information content (AvgIpc) is 2.92. The normalized spacial score (nSPS) is 16.0. The van der Waals surface area contributed by atoms with Gasteiger partial charge in [0.05, 0.1) is 16.6 Å². The van der Waals surface area contributed by atoms with Crippen LogP contribution in [0, 0.1) is 12.8 Å². The van der Waals surface area contributed by atoms with E-state index in [9.17, 15) is 9.59 Å². The summed E-state index contributed by atoms with van der Waals surface area (Å²) in [6.07, 6.45) is 5.71. The number of rotatable bonds is 4. The van der Waals surface area contributed by atoms with E-state index in [2.05, 4.69) is 18.8 Å². The highest BCUT2D eigenvalue weighted by atomic mass is 32.1. The Kier molecular flexibility index (Phi) is 5.04. The van der Waals surface area contributed by atoms with E-state index in [4.69, 9.17) is 0 Å². The van der Waals surface area contributed by atoms with Gasteiger partial charge in [0.25, 0.3) is 11.5 Å². The first kappa shape index (κ1) is 17.1. The predicted molar refractivity (Wildman–Crippen MR) is 97.8 cm³/mol. The molecule has 1 amide bonds. The van der Waals surface area contributed by atoms with Crippen molar-refractivity contribution in [3.63, 3.8) is 0 Å². The van der Waals surface area contributed by atoms with Crippen molar-refractivity contribution in [1.29, 1.82) is 0 Å². The topological polar surface area (TPSA) is 55.2 Å². The molecule has 2 aromatic heterocycles. The number of hydrogen-bond acceptors (Lipinski definition) is 4. The van der Waals surface area contributed by atoms with Crippen LogP contribution in [0.1, 0.15) is 54.8 Å². The molecule has 0 aromatic carbocycles. The van der Waals surface area contributed by atoms with Crippen LogP contribution in [0.25, 0.3) is 10.2 Å². The largest absolute Gasteiger partial charge is 0.338 e. The molecule has 1 aliphatic rings. The summed E-state index contributed by atoms with van der Waals surface area (Å²) in [5, 5.41) is 0.618. The van der Waals surface area contributed by atoms with Crippen LogP contribution in [-0.4, -0.2) is 33.4 Å². The van der Waals surface area contributed by atoms with E-state index >= 15 is 0 Å². The van der Waals surface area contributed by atoms with Crippen molar-refractivity contribution in [2.45, 2.75) is 53.0 Å². The number of carbonyl (C=O) groups excluding carboxylic acids is 1. The fourth-order valence-electron chi connectivity index (χ4n) is 3.21. The lowest BCUT2D eigenvalue weighted by Crippen LogP contribution is -2.37. The molecule has 0 spiro atoms. The second kappa shape index (κ2) is 7.05. The molecule has 1 saturated heterocycles. The average molecular weight is 347 g/mol. The number of likely N-dealkylation sites (tertiary alicyclic amines) is 1. The molecular weight excluding hydrogens is 322 g/mol. The summed E-state index contributed by atoms with van der Waals surface area (Å²) in [5.41, 5.74) is 0.774. The molecule has 0 N–H and O–H groups in total. The monoisotopic (exact) mass is 347 g/mol. The highest BCUT2D eigenvalue weighted by Gasteiger charge is 2.26. The number of aromatic nitrogens is 2. The van der Waals surface area contributed by atoms with Crippen molar-refractivity contribution in [3.8, 4) is 0 Å². The minimum atomic E-state index is -0.0199. The van der Waals surface area contributed by atoms with Crippen molar-refractivity contribution in [1.82, 2.24) is 14.5 Å². The predicted octanol–water partition coefficient (Wildman–Crippen LogP) is 3.44. The molecule has 0 bridgehead atoms. The highest BCUT2D eigenvalue weighted by molar-refractivity contribution is 7.20. The third-order valence-corrected chi connectivity index (χ3v) is 6.12. The number of fused-ring (bicyclic) bond motifs is 1. The van der Waals surface area contributed by atoms with E-state index in [0.717, 1.165) is 44.3 Å². The number of hydrogen-bond donors (Lipinski definition) is 0. The molecule has 0 aliphatic carbocycles. The molecule has 3 heterocycles. The number of amides is 1.